The predicted octanol–water partition coefficient (Wildman–Crippen LogP) is 5.69. The summed E-state index contributed by atoms with van der Waals surface area (Å²) in [4.78, 5) is 35.7. The minimum Gasteiger partial charge on any atom is -0.469 e. The maximum atomic E-state index is 12.5. The molecular weight excluding hydrogens is 448 g/mol. The van der Waals surface area contributed by atoms with Crippen LogP contribution in [0.5, 0.6) is 0 Å². The molecule has 1 saturated carbocycles. The van der Waals surface area contributed by atoms with Gasteiger partial charge in [0.1, 0.15) is 6.10 Å². The molecule has 200 valence electrons. The van der Waals surface area contributed by atoms with E-state index in [4.69, 9.17) is 18.9 Å². The van der Waals surface area contributed by atoms with Gasteiger partial charge in [-0.25, -0.2) is 0 Å². The number of ketones is 1. The second-order valence-electron chi connectivity index (χ2n) is 9.91. The van der Waals surface area contributed by atoms with E-state index in [-0.39, 0.29) is 48.1 Å². The molecule has 1 heterocycles. The second kappa shape index (κ2) is 16.9. The quantitative estimate of drug-likeness (QED) is 0.155. The minimum absolute atomic E-state index is 0.00456. The third kappa shape index (κ3) is 11.2. The van der Waals surface area contributed by atoms with Crippen molar-refractivity contribution in [3.8, 4) is 0 Å². The number of allylic oxidation sites excluding steroid dienone is 1. The van der Waals surface area contributed by atoms with Crippen molar-refractivity contribution in [3.63, 3.8) is 0 Å². The van der Waals surface area contributed by atoms with Gasteiger partial charge >= 0.3 is 11.9 Å². The van der Waals surface area contributed by atoms with Crippen molar-refractivity contribution in [2.24, 2.45) is 11.8 Å². The fourth-order valence-electron chi connectivity index (χ4n) is 5.19. The van der Waals surface area contributed by atoms with Gasteiger partial charge in [-0.2, -0.15) is 0 Å². The fraction of sp³-hybridized carbons (Fsp3) is 0.821. The van der Waals surface area contributed by atoms with Crippen molar-refractivity contribution in [3.05, 3.63) is 12.2 Å². The molecule has 7 heteroatoms. The largest absolute Gasteiger partial charge is 0.469 e. The monoisotopic (exact) mass is 494 g/mol. The van der Waals surface area contributed by atoms with Crippen LogP contribution in [0.25, 0.3) is 0 Å². The Labute approximate surface area is 211 Å². The third-order valence-electron chi connectivity index (χ3n) is 7.07. The molecule has 7 nitrogen and oxygen atoms in total. The molecule has 5 atom stereocenters. The highest BCUT2D eigenvalue weighted by atomic mass is 16.7. The van der Waals surface area contributed by atoms with Gasteiger partial charge < -0.3 is 18.9 Å². The lowest BCUT2D eigenvalue weighted by Crippen LogP contribution is -2.30. The molecule has 2 aliphatic rings. The van der Waals surface area contributed by atoms with Gasteiger partial charge in [-0.1, -0.05) is 45.1 Å². The Morgan fingerprint density at radius 3 is 2.43 bits per heavy atom. The number of hydrogen-bond acceptors (Lipinski definition) is 7. The van der Waals surface area contributed by atoms with E-state index in [1.165, 1.54) is 14.0 Å². The topological polar surface area (TPSA) is 88.1 Å². The van der Waals surface area contributed by atoms with E-state index in [1.54, 1.807) is 6.08 Å². The van der Waals surface area contributed by atoms with Crippen LogP contribution in [-0.2, 0) is 33.3 Å². The summed E-state index contributed by atoms with van der Waals surface area (Å²) >= 11 is 0. The molecule has 0 N–H and O–H groups in total. The van der Waals surface area contributed by atoms with Gasteiger partial charge in [0.2, 0.25) is 0 Å². The van der Waals surface area contributed by atoms with Gasteiger partial charge in [0.25, 0.3) is 0 Å². The fourth-order valence-corrected chi connectivity index (χ4v) is 5.19. The Kier molecular flexibility index (Phi) is 14.2. The van der Waals surface area contributed by atoms with Crippen LogP contribution >= 0.6 is 0 Å². The lowest BCUT2D eigenvalue weighted by molar-refractivity contribution is -0.193. The van der Waals surface area contributed by atoms with Gasteiger partial charge in [-0.3, -0.25) is 14.4 Å². The van der Waals surface area contributed by atoms with Crippen LogP contribution in [0.2, 0.25) is 0 Å². The van der Waals surface area contributed by atoms with E-state index in [2.05, 4.69) is 6.92 Å². The maximum Gasteiger partial charge on any atom is 0.305 e. The zero-order valence-electron chi connectivity index (χ0n) is 22.0. The van der Waals surface area contributed by atoms with E-state index >= 15 is 0 Å². The first-order valence-electron chi connectivity index (χ1n) is 13.7. The molecule has 0 aromatic heterocycles. The lowest BCUT2D eigenvalue weighted by Gasteiger charge is -2.29. The highest BCUT2D eigenvalue weighted by Gasteiger charge is 2.45. The second-order valence-corrected chi connectivity index (χ2v) is 9.91. The van der Waals surface area contributed by atoms with Gasteiger partial charge in [-0.05, 0) is 44.6 Å². The molecule has 1 aliphatic carbocycles. The number of methoxy groups -OCH3 is 1. The smallest absolute Gasteiger partial charge is 0.305 e. The Morgan fingerprint density at radius 2 is 1.74 bits per heavy atom. The van der Waals surface area contributed by atoms with Crippen LogP contribution in [0.3, 0.4) is 0 Å². The summed E-state index contributed by atoms with van der Waals surface area (Å²) in [6.07, 6.45) is 15.4. The summed E-state index contributed by atoms with van der Waals surface area (Å²) in [5.74, 6) is -0.230. The molecule has 1 saturated heterocycles. The molecule has 0 bridgehead atoms. The predicted molar refractivity (Wildman–Crippen MR) is 134 cm³/mol. The number of ether oxygens (including phenoxy) is 4. The Morgan fingerprint density at radius 1 is 0.971 bits per heavy atom. The molecule has 2 rings (SSSR count). The maximum absolute atomic E-state index is 12.5. The van der Waals surface area contributed by atoms with Crippen molar-refractivity contribution in [1.29, 1.82) is 0 Å². The summed E-state index contributed by atoms with van der Waals surface area (Å²) in [6.45, 7) is 4.28. The standard InChI is InChI=1S/C28H46O7/c1-4-5-8-13-22(30)17-18-24-23(14-9-6-7-10-15-27(31)32-3)25(34-21(2)29)20-26(24)35-28-16-11-12-19-33-28/h17-18,23-26,28H,4-16,19-20H2,1-3H3/t23-,24+,25-,26-,28?/m1/s1. The van der Waals surface area contributed by atoms with Crippen LogP contribution in [0.4, 0.5) is 0 Å². The Balaban J connectivity index is 2.04. The molecule has 2 fully saturated rings. The lowest BCUT2D eigenvalue weighted by atomic mass is 9.87. The average Bonchev–Trinajstić information content (AvgIpc) is 3.15. The minimum atomic E-state index is -0.286. The van der Waals surface area contributed by atoms with Crippen molar-refractivity contribution in [2.75, 3.05) is 13.7 Å². The van der Waals surface area contributed by atoms with Crippen molar-refractivity contribution in [1.82, 2.24) is 0 Å². The van der Waals surface area contributed by atoms with E-state index in [0.29, 0.717) is 25.9 Å². The number of hydrogen-bond donors (Lipinski definition) is 0. The summed E-state index contributed by atoms with van der Waals surface area (Å²) in [5.41, 5.74) is 0. The molecule has 0 aromatic carbocycles. The van der Waals surface area contributed by atoms with E-state index in [1.807, 2.05) is 6.08 Å². The van der Waals surface area contributed by atoms with Crippen molar-refractivity contribution >= 4 is 17.7 Å². The average molecular weight is 495 g/mol. The zero-order chi connectivity index (χ0) is 25.5. The Hall–Kier alpha value is -1.73. The number of unbranched alkanes of at least 4 members (excludes halogenated alkanes) is 5. The summed E-state index contributed by atoms with van der Waals surface area (Å²) in [7, 11) is 1.41. The van der Waals surface area contributed by atoms with Crippen molar-refractivity contribution < 1.29 is 33.3 Å². The first-order valence-corrected chi connectivity index (χ1v) is 13.7. The van der Waals surface area contributed by atoms with Crippen molar-refractivity contribution in [2.45, 2.75) is 122 Å². The summed E-state index contributed by atoms with van der Waals surface area (Å²) in [6, 6.07) is 0. The molecule has 0 spiro atoms. The summed E-state index contributed by atoms with van der Waals surface area (Å²) in [5, 5.41) is 0. The molecule has 0 amide bonds. The van der Waals surface area contributed by atoms with Gasteiger partial charge in [-0.15, -0.1) is 0 Å². The van der Waals surface area contributed by atoms with E-state index in [9.17, 15) is 14.4 Å². The normalized spacial score (nSPS) is 26.7. The number of esters is 2. The number of carbonyl (C=O) groups is 3. The molecule has 0 radical (unpaired) electrons. The van der Waals surface area contributed by atoms with Crippen LogP contribution in [0, 0.1) is 11.8 Å². The van der Waals surface area contributed by atoms with Gasteiger partial charge in [0.15, 0.2) is 12.1 Å². The first-order chi connectivity index (χ1) is 16.9. The molecular formula is C28H46O7. The first kappa shape index (κ1) is 29.5. The highest BCUT2D eigenvalue weighted by molar-refractivity contribution is 5.89. The zero-order valence-corrected chi connectivity index (χ0v) is 22.0. The van der Waals surface area contributed by atoms with Crippen LogP contribution in [0.1, 0.15) is 104 Å². The third-order valence-corrected chi connectivity index (χ3v) is 7.07. The molecule has 1 aliphatic heterocycles. The van der Waals surface area contributed by atoms with E-state index < -0.39 is 0 Å². The van der Waals surface area contributed by atoms with Crippen LogP contribution < -0.4 is 0 Å². The number of carbonyl (C=O) groups excluding carboxylic acids is 3. The van der Waals surface area contributed by atoms with Crippen LogP contribution in [-0.4, -0.2) is 49.9 Å². The Bertz CT molecular complexity index is 668. The van der Waals surface area contributed by atoms with Crippen LogP contribution in [0.15, 0.2) is 12.2 Å². The molecule has 1 unspecified atom stereocenters. The highest BCUT2D eigenvalue weighted by Crippen LogP contribution is 2.41. The van der Waals surface area contributed by atoms with Gasteiger partial charge in [0.05, 0.1) is 13.2 Å². The van der Waals surface area contributed by atoms with Gasteiger partial charge in [0, 0.05) is 44.6 Å². The SMILES string of the molecule is CCCCCC(=O)C=C[C@H]1[C@@H](CCCCCCC(=O)OC)[C@H](OC(C)=O)C[C@H]1OC1CCCCO1. The summed E-state index contributed by atoms with van der Waals surface area (Å²) < 4.78 is 22.7. The number of rotatable bonds is 16. The molecule has 35 heavy (non-hydrogen) atoms. The van der Waals surface area contributed by atoms with E-state index in [0.717, 1.165) is 70.6 Å². The molecule has 0 aromatic rings.